The number of hydrogen-bond acceptors (Lipinski definition) is 3. The van der Waals surface area contributed by atoms with E-state index in [4.69, 9.17) is 5.73 Å². The minimum Gasteiger partial charge on any atom is -0.384 e. The molecule has 1 aliphatic heterocycles. The summed E-state index contributed by atoms with van der Waals surface area (Å²) in [6, 6.07) is 0.589. The molecular formula is C11H20N4. The van der Waals surface area contributed by atoms with Gasteiger partial charge in [-0.1, -0.05) is 0 Å². The first kappa shape index (κ1) is 10.5. The van der Waals surface area contributed by atoms with Gasteiger partial charge >= 0.3 is 0 Å². The zero-order valence-corrected chi connectivity index (χ0v) is 9.82. The normalized spacial score (nSPS) is 17.1. The van der Waals surface area contributed by atoms with Crippen LogP contribution in [0.15, 0.2) is 0 Å². The molecule has 0 aliphatic carbocycles. The van der Waals surface area contributed by atoms with Gasteiger partial charge in [-0.2, -0.15) is 5.10 Å². The Bertz CT molecular complexity index is 354. The van der Waals surface area contributed by atoms with Crippen LogP contribution in [0.2, 0.25) is 0 Å². The van der Waals surface area contributed by atoms with Crippen LogP contribution in [0.4, 0.5) is 5.82 Å². The lowest BCUT2D eigenvalue weighted by Crippen LogP contribution is -2.35. The van der Waals surface area contributed by atoms with Gasteiger partial charge in [0.2, 0.25) is 0 Å². The second-order valence-electron chi connectivity index (χ2n) is 4.44. The summed E-state index contributed by atoms with van der Waals surface area (Å²) in [6.45, 7) is 9.44. The van der Waals surface area contributed by atoms with E-state index in [0.717, 1.165) is 31.9 Å². The Balaban J connectivity index is 2.27. The first-order valence-electron chi connectivity index (χ1n) is 5.71. The Morgan fingerprint density at radius 3 is 2.80 bits per heavy atom. The molecule has 0 bridgehead atoms. The summed E-state index contributed by atoms with van der Waals surface area (Å²) in [5, 5.41) is 4.55. The number of hydrogen-bond donors (Lipinski definition) is 1. The molecular weight excluding hydrogens is 188 g/mol. The number of aromatic nitrogens is 2. The van der Waals surface area contributed by atoms with Crippen molar-refractivity contribution in [2.24, 2.45) is 0 Å². The van der Waals surface area contributed by atoms with E-state index in [1.54, 1.807) is 0 Å². The van der Waals surface area contributed by atoms with E-state index in [-0.39, 0.29) is 0 Å². The standard InChI is InChI=1S/C11H20N4/c1-4-15-11(12)9-5-6-14(8(2)3)7-10(9)13-15/h8H,4-7,12H2,1-3H3. The predicted octanol–water partition coefficient (Wildman–Crippen LogP) is 1.25. The Hall–Kier alpha value is -1.03. The van der Waals surface area contributed by atoms with Gasteiger partial charge < -0.3 is 5.73 Å². The van der Waals surface area contributed by atoms with E-state index < -0.39 is 0 Å². The van der Waals surface area contributed by atoms with Crippen LogP contribution in [0, 0.1) is 0 Å². The number of fused-ring (bicyclic) bond motifs is 1. The number of rotatable bonds is 2. The summed E-state index contributed by atoms with van der Waals surface area (Å²) in [5.41, 5.74) is 8.49. The SMILES string of the molecule is CCn1nc2c(c1N)CCN(C(C)C)C2. The van der Waals surface area contributed by atoms with Crippen molar-refractivity contribution >= 4 is 5.82 Å². The van der Waals surface area contributed by atoms with Crippen molar-refractivity contribution in [1.29, 1.82) is 0 Å². The van der Waals surface area contributed by atoms with Crippen LogP contribution in [0.3, 0.4) is 0 Å². The molecule has 84 valence electrons. The van der Waals surface area contributed by atoms with Crippen LogP contribution in [0.5, 0.6) is 0 Å². The number of nitrogens with zero attached hydrogens (tertiary/aromatic N) is 3. The highest BCUT2D eigenvalue weighted by molar-refractivity contribution is 5.44. The molecule has 0 aromatic carbocycles. The highest BCUT2D eigenvalue weighted by Gasteiger charge is 2.23. The lowest BCUT2D eigenvalue weighted by atomic mass is 10.1. The van der Waals surface area contributed by atoms with Gasteiger partial charge in [-0.3, -0.25) is 4.90 Å². The fraction of sp³-hybridized carbons (Fsp3) is 0.727. The minimum absolute atomic E-state index is 0.589. The largest absolute Gasteiger partial charge is 0.384 e. The second kappa shape index (κ2) is 3.85. The number of nitrogen functional groups attached to an aromatic ring is 1. The van der Waals surface area contributed by atoms with Crippen molar-refractivity contribution in [2.45, 2.75) is 46.3 Å². The zero-order chi connectivity index (χ0) is 11.0. The molecule has 0 amide bonds. The molecule has 15 heavy (non-hydrogen) atoms. The summed E-state index contributed by atoms with van der Waals surface area (Å²) < 4.78 is 1.91. The molecule has 0 fully saturated rings. The Morgan fingerprint density at radius 1 is 1.47 bits per heavy atom. The monoisotopic (exact) mass is 208 g/mol. The predicted molar refractivity (Wildman–Crippen MR) is 61.6 cm³/mol. The molecule has 2 N–H and O–H groups in total. The van der Waals surface area contributed by atoms with Gasteiger partial charge in [0, 0.05) is 31.2 Å². The molecule has 1 aromatic rings. The summed E-state index contributed by atoms with van der Waals surface area (Å²) in [7, 11) is 0. The van der Waals surface area contributed by atoms with E-state index in [9.17, 15) is 0 Å². The molecule has 1 aromatic heterocycles. The fourth-order valence-corrected chi connectivity index (χ4v) is 2.17. The molecule has 0 unspecified atom stereocenters. The highest BCUT2D eigenvalue weighted by Crippen LogP contribution is 2.24. The number of nitrogens with two attached hydrogens (primary N) is 1. The van der Waals surface area contributed by atoms with Crippen molar-refractivity contribution in [3.05, 3.63) is 11.3 Å². The first-order chi connectivity index (χ1) is 7.13. The lowest BCUT2D eigenvalue weighted by molar-refractivity contribution is 0.200. The topological polar surface area (TPSA) is 47.1 Å². The molecule has 0 atom stereocenters. The molecule has 4 heteroatoms. The van der Waals surface area contributed by atoms with Crippen molar-refractivity contribution < 1.29 is 0 Å². The van der Waals surface area contributed by atoms with Crippen LogP contribution in [0.25, 0.3) is 0 Å². The molecule has 0 spiro atoms. The molecule has 0 saturated carbocycles. The highest BCUT2D eigenvalue weighted by atomic mass is 15.3. The molecule has 1 aliphatic rings. The summed E-state index contributed by atoms with van der Waals surface area (Å²) in [4.78, 5) is 2.44. The quantitative estimate of drug-likeness (QED) is 0.795. The second-order valence-corrected chi connectivity index (χ2v) is 4.44. The van der Waals surface area contributed by atoms with E-state index in [1.165, 1.54) is 11.3 Å². The van der Waals surface area contributed by atoms with Gasteiger partial charge in [0.1, 0.15) is 5.82 Å². The van der Waals surface area contributed by atoms with Gasteiger partial charge in [0.25, 0.3) is 0 Å². The summed E-state index contributed by atoms with van der Waals surface area (Å²) >= 11 is 0. The van der Waals surface area contributed by atoms with Crippen molar-refractivity contribution in [3.63, 3.8) is 0 Å². The lowest BCUT2D eigenvalue weighted by Gasteiger charge is -2.29. The Labute approximate surface area is 91.1 Å². The smallest absolute Gasteiger partial charge is 0.125 e. The Kier molecular flexibility index (Phi) is 2.69. The molecule has 4 nitrogen and oxygen atoms in total. The van der Waals surface area contributed by atoms with E-state index in [2.05, 4.69) is 30.8 Å². The molecule has 2 heterocycles. The number of anilines is 1. The summed E-state index contributed by atoms with van der Waals surface area (Å²) in [6.07, 6.45) is 1.04. The van der Waals surface area contributed by atoms with Crippen molar-refractivity contribution in [3.8, 4) is 0 Å². The minimum atomic E-state index is 0.589. The van der Waals surface area contributed by atoms with Gasteiger partial charge in [-0.05, 0) is 27.2 Å². The molecule has 0 radical (unpaired) electrons. The van der Waals surface area contributed by atoms with Gasteiger partial charge in [0.15, 0.2) is 0 Å². The average Bonchev–Trinajstić information content (AvgIpc) is 2.55. The maximum Gasteiger partial charge on any atom is 0.125 e. The average molecular weight is 208 g/mol. The van der Waals surface area contributed by atoms with Gasteiger partial charge in [-0.25, -0.2) is 4.68 Å². The fourth-order valence-electron chi connectivity index (χ4n) is 2.17. The van der Waals surface area contributed by atoms with Crippen LogP contribution >= 0.6 is 0 Å². The van der Waals surface area contributed by atoms with Crippen molar-refractivity contribution in [1.82, 2.24) is 14.7 Å². The third kappa shape index (κ3) is 1.74. The zero-order valence-electron chi connectivity index (χ0n) is 9.82. The van der Waals surface area contributed by atoms with Gasteiger partial charge in [0.05, 0.1) is 5.69 Å². The van der Waals surface area contributed by atoms with E-state index in [0.29, 0.717) is 6.04 Å². The third-order valence-electron chi connectivity index (χ3n) is 3.21. The van der Waals surface area contributed by atoms with Crippen molar-refractivity contribution in [2.75, 3.05) is 12.3 Å². The number of aryl methyl sites for hydroxylation is 1. The molecule has 2 rings (SSSR count). The van der Waals surface area contributed by atoms with E-state index in [1.807, 2.05) is 4.68 Å². The summed E-state index contributed by atoms with van der Waals surface area (Å²) in [5.74, 6) is 0.871. The molecule has 0 saturated heterocycles. The van der Waals surface area contributed by atoms with Crippen LogP contribution in [0.1, 0.15) is 32.0 Å². The van der Waals surface area contributed by atoms with Crippen LogP contribution in [-0.2, 0) is 19.5 Å². The first-order valence-corrected chi connectivity index (χ1v) is 5.71. The maximum absolute atomic E-state index is 6.04. The van der Waals surface area contributed by atoms with Gasteiger partial charge in [-0.15, -0.1) is 0 Å². The maximum atomic E-state index is 6.04. The third-order valence-corrected chi connectivity index (χ3v) is 3.21. The van der Waals surface area contributed by atoms with Crippen LogP contribution < -0.4 is 5.73 Å². The Morgan fingerprint density at radius 2 is 2.20 bits per heavy atom. The van der Waals surface area contributed by atoms with E-state index >= 15 is 0 Å². The van der Waals surface area contributed by atoms with Crippen LogP contribution in [-0.4, -0.2) is 27.3 Å².